The average Bonchev–Trinajstić information content (AvgIpc) is 3.74. The van der Waals surface area contributed by atoms with Gasteiger partial charge < -0.3 is 61.0 Å². The molecule has 6 fully saturated rings. The predicted molar refractivity (Wildman–Crippen MR) is 293 cm³/mol. The van der Waals surface area contributed by atoms with Crippen molar-refractivity contribution >= 4 is 64.4 Å². The Labute approximate surface area is 485 Å². The zero-order chi connectivity index (χ0) is 58.6. The molecule has 19 heteroatoms. The summed E-state index contributed by atoms with van der Waals surface area (Å²) in [7, 11) is 0. The normalized spacial score (nSPS) is 25.2. The van der Waals surface area contributed by atoms with Gasteiger partial charge in [0.05, 0.1) is 23.9 Å². The van der Waals surface area contributed by atoms with Crippen molar-refractivity contribution in [3.05, 3.63) is 25.3 Å². The second kappa shape index (κ2) is 26.9. The first-order chi connectivity index (χ1) is 36.1. The Morgan fingerprint density at radius 3 is 1.32 bits per heavy atom. The summed E-state index contributed by atoms with van der Waals surface area (Å²) in [5, 5.41) is 15.8. The number of rotatable bonds is 28. The van der Waals surface area contributed by atoms with Gasteiger partial charge in [-0.2, -0.15) is 0 Å². The number of nitrogens with one attached hydrogen (secondary N) is 2. The number of amides is 6. The molecule has 6 aliphatic rings. The van der Waals surface area contributed by atoms with Gasteiger partial charge in [0.15, 0.2) is 11.6 Å². The summed E-state index contributed by atoms with van der Waals surface area (Å²) >= 11 is 0. The van der Waals surface area contributed by atoms with Crippen molar-refractivity contribution in [1.29, 1.82) is 0 Å². The number of hydrogen-bond donors (Lipinski definition) is 5. The summed E-state index contributed by atoms with van der Waals surface area (Å²) in [6.45, 7) is 27.6. The Kier molecular flexibility index (Phi) is 22.8. The standard InChI is InChI=1S/C30H47N3O6.C30H45N3O6.HI/c2*1-7-23(36)32-15-19(12-20(34)14-29(2,3)4)28(39)33-16-21-24(30(21,5)6)25(33)22(35)13-18(26(37)27(31)38)11-17-9-8-10-17;/h7,17-19,21,24-26,37H,1,8-16H2,2-6H3,(H2,31,38)(H,32,36);7,17-19,21,24-25H,1,8-16H2,2-6H3,(H2,31,38)(H,32,36);1H/p-1/t18?,19-,21?,24-,25+,26?;18?,19-,21?,24-,25+;/m00./s1. The van der Waals surface area contributed by atoms with Crippen LogP contribution in [0.1, 0.15) is 159 Å². The Bertz CT molecular complexity index is 2360. The van der Waals surface area contributed by atoms with Crippen LogP contribution in [-0.4, -0.2) is 124 Å². The molecule has 4 aliphatic carbocycles. The number of nitrogens with zero attached hydrogens (tertiary/aromatic N) is 2. The summed E-state index contributed by atoms with van der Waals surface area (Å²) in [4.78, 5) is 144. The maximum Gasteiger partial charge on any atom is 0.285 e. The first-order valence-electron chi connectivity index (χ1n) is 28.4. The van der Waals surface area contributed by atoms with E-state index in [4.69, 9.17) is 11.5 Å². The highest BCUT2D eigenvalue weighted by atomic mass is 127. The second-order valence-electron chi connectivity index (χ2n) is 27.5. The zero-order valence-electron chi connectivity index (χ0n) is 48.7. The number of aliphatic hydroxyl groups excluding tert-OH is 1. The molecule has 2 saturated heterocycles. The fourth-order valence-corrected chi connectivity index (χ4v) is 13.3. The van der Waals surface area contributed by atoms with Gasteiger partial charge in [0.25, 0.3) is 5.91 Å². The summed E-state index contributed by atoms with van der Waals surface area (Å²) in [6.07, 6.45) is 8.22. The van der Waals surface area contributed by atoms with Crippen LogP contribution >= 0.6 is 0 Å². The van der Waals surface area contributed by atoms with Gasteiger partial charge in [-0.1, -0.05) is 121 Å². The first kappa shape index (κ1) is 66.8. The van der Waals surface area contributed by atoms with Gasteiger partial charge in [-0.05, 0) is 82.2 Å². The van der Waals surface area contributed by atoms with Crippen LogP contribution in [0.5, 0.6) is 0 Å². The summed E-state index contributed by atoms with van der Waals surface area (Å²) in [5.74, 6) is -6.91. The monoisotopic (exact) mass is 1220 g/mol. The molecule has 0 aromatic heterocycles. The Balaban J connectivity index is 0.000000336. The molecular formula is C60H92IN6O12-. The van der Waals surface area contributed by atoms with E-state index in [-0.39, 0.29) is 149 Å². The highest BCUT2D eigenvalue weighted by molar-refractivity contribution is 6.36. The van der Waals surface area contributed by atoms with Crippen molar-refractivity contribution < 1.29 is 81.8 Å². The van der Waals surface area contributed by atoms with E-state index in [2.05, 4.69) is 51.5 Å². The molecule has 2 heterocycles. The summed E-state index contributed by atoms with van der Waals surface area (Å²) in [5.41, 5.74) is 9.98. The van der Waals surface area contributed by atoms with E-state index < -0.39 is 71.3 Å². The van der Waals surface area contributed by atoms with Crippen LogP contribution in [0.25, 0.3) is 0 Å². The van der Waals surface area contributed by atoms with Gasteiger partial charge in [-0.3, -0.25) is 52.7 Å². The molecule has 4 saturated carbocycles. The van der Waals surface area contributed by atoms with Gasteiger partial charge in [0.2, 0.25) is 35.3 Å². The largest absolute Gasteiger partial charge is 1.00 e. The van der Waals surface area contributed by atoms with Crippen LogP contribution < -0.4 is 46.1 Å². The number of carbonyl (C=O) groups is 11. The number of likely N-dealkylation sites (tertiary alicyclic amines) is 2. The topological polar surface area (TPSA) is 291 Å². The molecule has 0 aromatic rings. The minimum absolute atomic E-state index is 0. The zero-order valence-corrected chi connectivity index (χ0v) is 50.8. The van der Waals surface area contributed by atoms with E-state index in [9.17, 15) is 57.8 Å². The van der Waals surface area contributed by atoms with E-state index in [1.807, 2.05) is 41.5 Å². The third-order valence-corrected chi connectivity index (χ3v) is 18.1. The van der Waals surface area contributed by atoms with Gasteiger partial charge in [-0.25, -0.2) is 0 Å². The number of ketones is 5. The number of aliphatic hydroxyl groups is 1. The van der Waals surface area contributed by atoms with Crippen molar-refractivity contribution in [1.82, 2.24) is 20.4 Å². The summed E-state index contributed by atoms with van der Waals surface area (Å²) < 4.78 is 0. The third kappa shape index (κ3) is 17.2. The lowest BCUT2D eigenvalue weighted by molar-refractivity contribution is -0.145. The third-order valence-electron chi connectivity index (χ3n) is 18.1. The Morgan fingerprint density at radius 2 is 0.987 bits per heavy atom. The van der Waals surface area contributed by atoms with Gasteiger partial charge in [-0.15, -0.1) is 0 Å². The van der Waals surface area contributed by atoms with Gasteiger partial charge in [0, 0.05) is 76.5 Å². The van der Waals surface area contributed by atoms with Crippen molar-refractivity contribution in [2.45, 2.75) is 177 Å². The Morgan fingerprint density at radius 1 is 0.608 bits per heavy atom. The first-order valence-corrected chi connectivity index (χ1v) is 28.4. The molecule has 6 rings (SSSR count). The number of carbonyl (C=O) groups excluding carboxylic acids is 11. The van der Waals surface area contributed by atoms with Crippen LogP contribution in [0, 0.1) is 80.8 Å². The number of primary amides is 2. The molecule has 79 heavy (non-hydrogen) atoms. The van der Waals surface area contributed by atoms with Crippen molar-refractivity contribution in [2.24, 2.45) is 92.3 Å². The fourth-order valence-electron chi connectivity index (χ4n) is 13.3. The van der Waals surface area contributed by atoms with Crippen LogP contribution in [0.15, 0.2) is 25.3 Å². The molecule has 0 spiro atoms. The molecule has 0 bridgehead atoms. The van der Waals surface area contributed by atoms with Crippen molar-refractivity contribution in [2.75, 3.05) is 26.2 Å². The maximum atomic E-state index is 13.9. The minimum atomic E-state index is -1.42. The van der Waals surface area contributed by atoms with E-state index in [0.29, 0.717) is 44.2 Å². The van der Waals surface area contributed by atoms with E-state index in [1.165, 1.54) is 0 Å². The Hall–Kier alpha value is -4.66. The van der Waals surface area contributed by atoms with Crippen LogP contribution in [-0.2, 0) is 52.7 Å². The van der Waals surface area contributed by atoms with Crippen LogP contribution in [0.2, 0.25) is 0 Å². The number of halogens is 1. The molecule has 11 atom stereocenters. The van der Waals surface area contributed by atoms with Crippen LogP contribution in [0.3, 0.4) is 0 Å². The lowest BCUT2D eigenvalue weighted by Gasteiger charge is -2.35. The SMILES string of the molecule is C=CC(=O)NC[C@H](CC(=O)CC(C)(C)C)C(=O)N1CC2[C@@H]([C@H]1C(=O)CC(CC1CCC1)C(=O)C(N)=O)C2(C)C.C=CC(=O)NC[C@H](CC(=O)CC(C)(C)C)C(=O)N1CC2[C@@H]([C@H]1C(=O)CC(CC1CCC1)C(O)C(N)=O)C2(C)C.[I-]. The fraction of sp³-hybridized carbons (Fsp3) is 0.750. The van der Waals surface area contributed by atoms with Crippen molar-refractivity contribution in [3.8, 4) is 0 Å². The van der Waals surface area contributed by atoms with E-state index >= 15 is 0 Å². The van der Waals surface area contributed by atoms with Gasteiger partial charge >= 0.3 is 0 Å². The second-order valence-corrected chi connectivity index (χ2v) is 27.5. The maximum absolute atomic E-state index is 13.9. The van der Waals surface area contributed by atoms with Crippen LogP contribution in [0.4, 0.5) is 0 Å². The predicted octanol–water partition coefficient (Wildman–Crippen LogP) is 2.00. The average molecular weight is 1220 g/mol. The lowest BCUT2D eigenvalue weighted by atomic mass is 9.75. The highest BCUT2D eigenvalue weighted by Gasteiger charge is 2.70. The molecule has 2 aliphatic heterocycles. The molecule has 0 aromatic carbocycles. The molecule has 0 radical (unpaired) electrons. The minimum Gasteiger partial charge on any atom is -1.00 e. The molecular weight excluding hydrogens is 1120 g/mol. The van der Waals surface area contributed by atoms with E-state index in [0.717, 1.165) is 50.7 Å². The number of Topliss-reactive ketones (excluding diaryl/α,β-unsaturated/α-hetero) is 5. The molecule has 442 valence electrons. The number of piperidine rings is 2. The molecule has 5 unspecified atom stereocenters. The number of nitrogens with two attached hydrogens (primary N) is 2. The lowest BCUT2D eigenvalue weighted by Crippen LogP contribution is -3.00. The number of fused-ring (bicyclic) bond motifs is 2. The smallest absolute Gasteiger partial charge is 0.285 e. The highest BCUT2D eigenvalue weighted by Crippen LogP contribution is 2.66. The molecule has 7 N–H and O–H groups in total. The molecule has 6 amide bonds. The van der Waals surface area contributed by atoms with Gasteiger partial charge in [0.1, 0.15) is 17.7 Å². The van der Waals surface area contributed by atoms with E-state index in [1.54, 1.807) is 9.80 Å². The summed E-state index contributed by atoms with van der Waals surface area (Å²) in [6, 6.07) is -1.44. The van der Waals surface area contributed by atoms with Crippen molar-refractivity contribution in [3.63, 3.8) is 0 Å². The number of hydrogen-bond acceptors (Lipinski definition) is 12. The quantitative estimate of drug-likeness (QED) is 0.0427. The molecule has 18 nitrogen and oxygen atoms in total.